The van der Waals surface area contributed by atoms with Gasteiger partial charge in [-0.2, -0.15) is 0 Å². The van der Waals surface area contributed by atoms with E-state index in [0.29, 0.717) is 16.5 Å². The third-order valence-electron chi connectivity index (χ3n) is 5.63. The van der Waals surface area contributed by atoms with E-state index in [1.165, 1.54) is 17.3 Å². The van der Waals surface area contributed by atoms with Crippen molar-refractivity contribution < 1.29 is 27.5 Å². The molecule has 0 unspecified atom stereocenters. The van der Waals surface area contributed by atoms with Gasteiger partial charge in [-0.15, -0.1) is 0 Å². The Balaban J connectivity index is 2.19. The molecule has 38 heavy (non-hydrogen) atoms. The van der Waals surface area contributed by atoms with Crippen LogP contribution in [0.5, 0.6) is 0 Å². The summed E-state index contributed by atoms with van der Waals surface area (Å²) in [6.07, 6.45) is 4.33. The fourth-order valence-electron chi connectivity index (χ4n) is 3.92. The van der Waals surface area contributed by atoms with E-state index in [1.807, 2.05) is 32.1 Å². The molecule has 0 spiro atoms. The average molecular weight is 539 g/mol. The summed E-state index contributed by atoms with van der Waals surface area (Å²) in [5, 5.41) is 3.19. The lowest BCUT2D eigenvalue weighted by Gasteiger charge is -2.22. The van der Waals surface area contributed by atoms with E-state index in [1.54, 1.807) is 57.2 Å². The van der Waals surface area contributed by atoms with Gasteiger partial charge in [-0.3, -0.25) is 0 Å². The second-order valence-corrected chi connectivity index (χ2v) is 11.9. The number of ether oxygens (including phenoxy) is 2. The number of benzene rings is 2. The number of esters is 1. The van der Waals surface area contributed by atoms with Crippen LogP contribution < -0.4 is 5.32 Å². The highest BCUT2D eigenvalue weighted by Crippen LogP contribution is 2.31. The number of aromatic nitrogens is 1. The molecule has 1 amide bonds. The molecular weight excluding hydrogens is 504 g/mol. The molecule has 0 aliphatic rings. The van der Waals surface area contributed by atoms with Crippen LogP contribution in [0, 0.1) is 6.92 Å². The Morgan fingerprint density at radius 1 is 1.13 bits per heavy atom. The number of alkyl carbamates (subject to hydrolysis) is 1. The summed E-state index contributed by atoms with van der Waals surface area (Å²) in [7, 11) is -2.75. The minimum absolute atomic E-state index is 0.0310. The summed E-state index contributed by atoms with van der Waals surface area (Å²) < 4.78 is 38.9. The maximum Gasteiger partial charge on any atom is 0.408 e. The lowest BCUT2D eigenvalue weighted by atomic mass is 10.0. The molecule has 0 radical (unpaired) electrons. The van der Waals surface area contributed by atoms with Crippen molar-refractivity contribution in [2.75, 3.05) is 7.11 Å². The summed E-state index contributed by atoms with van der Waals surface area (Å²) in [6.45, 7) is 12.8. The van der Waals surface area contributed by atoms with Crippen LogP contribution in [-0.4, -0.2) is 43.2 Å². The summed E-state index contributed by atoms with van der Waals surface area (Å²) >= 11 is 0. The Bertz CT molecular complexity index is 1490. The Kier molecular flexibility index (Phi) is 8.51. The van der Waals surface area contributed by atoms with Gasteiger partial charge in [0.2, 0.25) is 0 Å². The van der Waals surface area contributed by atoms with Gasteiger partial charge in [0.05, 0.1) is 17.5 Å². The summed E-state index contributed by atoms with van der Waals surface area (Å²) in [5.74, 6) is -0.687. The van der Waals surface area contributed by atoms with Crippen LogP contribution in [0.2, 0.25) is 0 Å². The molecule has 2 aromatic carbocycles. The highest BCUT2D eigenvalue weighted by molar-refractivity contribution is 7.90. The average Bonchev–Trinajstić information content (AvgIpc) is 3.20. The zero-order valence-corrected chi connectivity index (χ0v) is 23.4. The van der Waals surface area contributed by atoms with Crippen molar-refractivity contribution in [1.29, 1.82) is 0 Å². The van der Waals surface area contributed by atoms with Crippen LogP contribution in [0.3, 0.4) is 0 Å². The first kappa shape index (κ1) is 28.7. The number of allylic oxidation sites excluding steroid dienone is 2. The van der Waals surface area contributed by atoms with Gasteiger partial charge in [-0.25, -0.2) is 22.0 Å². The van der Waals surface area contributed by atoms with E-state index in [4.69, 9.17) is 9.47 Å². The highest BCUT2D eigenvalue weighted by Gasteiger charge is 2.29. The van der Waals surface area contributed by atoms with Crippen LogP contribution in [0.1, 0.15) is 44.4 Å². The van der Waals surface area contributed by atoms with Gasteiger partial charge in [0.15, 0.2) is 0 Å². The molecule has 0 aliphatic heterocycles. The topological polar surface area (TPSA) is 104 Å². The molecule has 9 heteroatoms. The van der Waals surface area contributed by atoms with E-state index >= 15 is 0 Å². The van der Waals surface area contributed by atoms with Gasteiger partial charge < -0.3 is 14.8 Å². The monoisotopic (exact) mass is 538 g/mol. The molecule has 8 nitrogen and oxygen atoms in total. The van der Waals surface area contributed by atoms with Gasteiger partial charge in [-0.05, 0) is 63.9 Å². The largest absolute Gasteiger partial charge is 0.467 e. The van der Waals surface area contributed by atoms with E-state index in [-0.39, 0.29) is 11.3 Å². The first-order chi connectivity index (χ1) is 17.7. The number of hydrogen-bond acceptors (Lipinski definition) is 6. The number of carbonyl (C=O) groups is 2. The van der Waals surface area contributed by atoms with E-state index in [2.05, 4.69) is 11.9 Å². The second-order valence-electron chi connectivity index (χ2n) is 10.1. The molecule has 202 valence electrons. The van der Waals surface area contributed by atoms with Crippen molar-refractivity contribution in [2.24, 2.45) is 0 Å². The normalized spacial score (nSPS) is 12.9. The number of fused-ring (bicyclic) bond motifs is 1. The van der Waals surface area contributed by atoms with Crippen molar-refractivity contribution in [2.45, 2.75) is 57.6 Å². The summed E-state index contributed by atoms with van der Waals surface area (Å²) in [5.41, 5.74) is 2.68. The third-order valence-corrected chi connectivity index (χ3v) is 7.32. The molecule has 3 rings (SSSR count). The molecular formula is C29H34N2O6S. The number of hydrogen-bond donors (Lipinski definition) is 1. The smallest absolute Gasteiger partial charge is 0.408 e. The Labute approximate surface area is 224 Å². The minimum atomic E-state index is -3.97. The predicted octanol–water partition coefficient (Wildman–Crippen LogP) is 5.38. The van der Waals surface area contributed by atoms with Gasteiger partial charge in [0, 0.05) is 18.0 Å². The maximum absolute atomic E-state index is 13.7. The number of nitrogens with one attached hydrogen (secondary N) is 1. The Hall–Kier alpha value is -3.85. The molecule has 1 N–H and O–H groups in total. The van der Waals surface area contributed by atoms with Crippen molar-refractivity contribution in [3.05, 3.63) is 83.6 Å². The SMILES string of the molecule is C=C(C)/C=C\c1cccc2c1c(C[C@H](NC(=O)OC(C)(C)C)C(=O)OC)cn2S(=O)(=O)c1ccc(C)cc1. The van der Waals surface area contributed by atoms with E-state index in [9.17, 15) is 18.0 Å². The summed E-state index contributed by atoms with van der Waals surface area (Å²) in [4.78, 5) is 25.3. The zero-order valence-electron chi connectivity index (χ0n) is 22.6. The lowest BCUT2D eigenvalue weighted by Crippen LogP contribution is -2.45. The molecule has 0 fully saturated rings. The molecule has 0 aliphatic carbocycles. The highest BCUT2D eigenvalue weighted by atomic mass is 32.2. The quantitative estimate of drug-likeness (QED) is 0.305. The molecule has 0 saturated heterocycles. The van der Waals surface area contributed by atoms with Crippen LogP contribution in [-0.2, 0) is 30.7 Å². The minimum Gasteiger partial charge on any atom is -0.467 e. The molecule has 1 atom stereocenters. The van der Waals surface area contributed by atoms with Crippen LogP contribution in [0.25, 0.3) is 17.0 Å². The molecule has 1 heterocycles. The fourth-order valence-corrected chi connectivity index (χ4v) is 5.30. The number of rotatable bonds is 8. The number of methoxy groups -OCH3 is 1. The van der Waals surface area contributed by atoms with Gasteiger partial charge in [0.1, 0.15) is 11.6 Å². The standard InChI is InChI=1S/C29H34N2O6S/c1-19(2)11-14-21-9-8-10-25-26(21)22(17-24(27(32)36-7)30-28(33)37-29(4,5)6)18-31(25)38(34,35)23-15-12-20(3)13-16-23/h8-16,18,24H,1,17H2,2-7H3,(H,30,33)/b14-11-/t24-/m0/s1. The van der Waals surface area contributed by atoms with E-state index in [0.717, 1.165) is 16.7 Å². The lowest BCUT2D eigenvalue weighted by molar-refractivity contribution is -0.143. The van der Waals surface area contributed by atoms with Crippen LogP contribution in [0.15, 0.2) is 71.8 Å². The number of amides is 1. The zero-order chi connectivity index (χ0) is 28.3. The van der Waals surface area contributed by atoms with E-state index < -0.39 is 33.7 Å². The molecule has 0 bridgehead atoms. The predicted molar refractivity (Wildman–Crippen MR) is 148 cm³/mol. The number of nitrogens with zero attached hydrogens (tertiary/aromatic N) is 1. The maximum atomic E-state index is 13.7. The second kappa shape index (κ2) is 11.3. The fraction of sp³-hybridized carbons (Fsp3) is 0.310. The number of carbonyl (C=O) groups excluding carboxylic acids is 2. The first-order valence-corrected chi connectivity index (χ1v) is 13.5. The van der Waals surface area contributed by atoms with Crippen molar-refractivity contribution in [3.63, 3.8) is 0 Å². The Morgan fingerprint density at radius 3 is 2.37 bits per heavy atom. The molecule has 0 saturated carbocycles. The van der Waals surface area contributed by atoms with Crippen LogP contribution in [0.4, 0.5) is 4.79 Å². The molecule has 3 aromatic rings. The third kappa shape index (κ3) is 6.72. The Morgan fingerprint density at radius 2 is 1.79 bits per heavy atom. The van der Waals surface area contributed by atoms with Gasteiger partial charge in [0.25, 0.3) is 10.0 Å². The number of aryl methyl sites for hydroxylation is 1. The van der Waals surface area contributed by atoms with Crippen molar-refractivity contribution in [1.82, 2.24) is 9.29 Å². The van der Waals surface area contributed by atoms with Crippen molar-refractivity contribution in [3.8, 4) is 0 Å². The van der Waals surface area contributed by atoms with Crippen molar-refractivity contribution >= 4 is 39.1 Å². The molecule has 1 aromatic heterocycles. The van der Waals surface area contributed by atoms with Crippen LogP contribution >= 0.6 is 0 Å². The first-order valence-electron chi connectivity index (χ1n) is 12.1. The van der Waals surface area contributed by atoms with Gasteiger partial charge >= 0.3 is 12.1 Å². The van der Waals surface area contributed by atoms with Gasteiger partial charge in [-0.1, -0.05) is 54.1 Å². The summed E-state index contributed by atoms with van der Waals surface area (Å²) in [6, 6.07) is 10.8.